The van der Waals surface area contributed by atoms with Gasteiger partial charge in [-0.15, -0.1) is 0 Å². The van der Waals surface area contributed by atoms with Crippen LogP contribution in [0.15, 0.2) is 24.3 Å². The summed E-state index contributed by atoms with van der Waals surface area (Å²) < 4.78 is 0. The van der Waals surface area contributed by atoms with E-state index in [4.69, 9.17) is 5.11 Å². The lowest BCUT2D eigenvalue weighted by Gasteiger charge is -2.18. The number of hydrogen-bond donors (Lipinski definition) is 2. The maximum Gasteiger partial charge on any atom is 0.309 e. The van der Waals surface area contributed by atoms with E-state index < -0.39 is 11.4 Å². The number of carbonyl (C=O) groups excluding carboxylic acids is 1. The predicted octanol–water partition coefficient (Wildman–Crippen LogP) is 2.15. The van der Waals surface area contributed by atoms with Gasteiger partial charge >= 0.3 is 5.97 Å². The standard InChI is InChI=1S/C15H21NO3/c1-11-5-4-6-12(9-11)10-13(17)16-8-7-15(2,3)14(18)19/h4-6,9H,7-8,10H2,1-3H3,(H,16,17)(H,18,19). The summed E-state index contributed by atoms with van der Waals surface area (Å²) in [6.45, 7) is 5.67. The van der Waals surface area contributed by atoms with Gasteiger partial charge < -0.3 is 10.4 Å². The molecule has 2 N–H and O–H groups in total. The van der Waals surface area contributed by atoms with E-state index in [1.54, 1.807) is 13.8 Å². The first-order valence-corrected chi connectivity index (χ1v) is 6.37. The quantitative estimate of drug-likeness (QED) is 0.826. The van der Waals surface area contributed by atoms with Crippen molar-refractivity contribution in [2.75, 3.05) is 6.54 Å². The summed E-state index contributed by atoms with van der Waals surface area (Å²) in [5.74, 6) is -0.924. The molecule has 0 atom stereocenters. The Labute approximate surface area is 113 Å². The Balaban J connectivity index is 2.39. The molecule has 0 aliphatic carbocycles. The molecule has 0 radical (unpaired) electrons. The number of carboxylic acids is 1. The molecule has 104 valence electrons. The van der Waals surface area contributed by atoms with Crippen molar-refractivity contribution in [2.24, 2.45) is 5.41 Å². The van der Waals surface area contributed by atoms with Crippen molar-refractivity contribution < 1.29 is 14.7 Å². The number of carbonyl (C=O) groups is 2. The molecule has 0 aromatic heterocycles. The van der Waals surface area contributed by atoms with Gasteiger partial charge in [0.2, 0.25) is 5.91 Å². The van der Waals surface area contributed by atoms with Crippen LogP contribution in [0.2, 0.25) is 0 Å². The van der Waals surface area contributed by atoms with Crippen LogP contribution >= 0.6 is 0 Å². The van der Waals surface area contributed by atoms with Gasteiger partial charge in [0, 0.05) is 6.54 Å². The van der Waals surface area contributed by atoms with Crippen molar-refractivity contribution in [1.29, 1.82) is 0 Å². The van der Waals surface area contributed by atoms with Crippen LogP contribution in [0.1, 0.15) is 31.4 Å². The second-order valence-corrected chi connectivity index (χ2v) is 5.45. The average molecular weight is 263 g/mol. The van der Waals surface area contributed by atoms with Crippen LogP contribution in [0.4, 0.5) is 0 Å². The van der Waals surface area contributed by atoms with Gasteiger partial charge in [-0.25, -0.2) is 0 Å². The molecule has 0 saturated carbocycles. The van der Waals surface area contributed by atoms with Gasteiger partial charge in [-0.1, -0.05) is 29.8 Å². The lowest BCUT2D eigenvalue weighted by atomic mass is 9.90. The zero-order valence-corrected chi connectivity index (χ0v) is 11.7. The Morgan fingerprint density at radius 3 is 2.58 bits per heavy atom. The third kappa shape index (κ3) is 5.12. The van der Waals surface area contributed by atoms with Gasteiger partial charge in [0.1, 0.15) is 0 Å². The Bertz CT molecular complexity index is 466. The fourth-order valence-electron chi connectivity index (χ4n) is 1.69. The summed E-state index contributed by atoms with van der Waals surface area (Å²) in [5.41, 5.74) is 1.28. The first-order chi connectivity index (χ1) is 8.81. The van der Waals surface area contributed by atoms with E-state index in [0.717, 1.165) is 11.1 Å². The highest BCUT2D eigenvalue weighted by Gasteiger charge is 2.26. The zero-order chi connectivity index (χ0) is 14.5. The van der Waals surface area contributed by atoms with Crippen molar-refractivity contribution in [3.05, 3.63) is 35.4 Å². The molecular formula is C15H21NO3. The first-order valence-electron chi connectivity index (χ1n) is 6.37. The molecule has 0 bridgehead atoms. The maximum atomic E-state index is 11.7. The molecule has 0 spiro atoms. The summed E-state index contributed by atoms with van der Waals surface area (Å²) in [6, 6.07) is 7.79. The molecule has 19 heavy (non-hydrogen) atoms. The van der Waals surface area contributed by atoms with Gasteiger partial charge in [-0.2, -0.15) is 0 Å². The highest BCUT2D eigenvalue weighted by Crippen LogP contribution is 2.19. The molecule has 1 amide bonds. The third-order valence-corrected chi connectivity index (χ3v) is 3.10. The number of nitrogens with one attached hydrogen (secondary N) is 1. The average Bonchev–Trinajstić information content (AvgIpc) is 2.28. The summed E-state index contributed by atoms with van der Waals surface area (Å²) in [5, 5.41) is 11.7. The van der Waals surface area contributed by atoms with Gasteiger partial charge in [-0.3, -0.25) is 9.59 Å². The van der Waals surface area contributed by atoms with E-state index >= 15 is 0 Å². The molecule has 4 heteroatoms. The highest BCUT2D eigenvalue weighted by molar-refractivity contribution is 5.78. The fourth-order valence-corrected chi connectivity index (χ4v) is 1.69. The van der Waals surface area contributed by atoms with Crippen LogP contribution in [-0.2, 0) is 16.0 Å². The minimum atomic E-state index is -0.847. The number of rotatable bonds is 6. The van der Waals surface area contributed by atoms with Crippen LogP contribution in [0.5, 0.6) is 0 Å². The van der Waals surface area contributed by atoms with E-state index in [1.807, 2.05) is 31.2 Å². The summed E-state index contributed by atoms with van der Waals surface area (Å²) in [4.78, 5) is 22.6. The van der Waals surface area contributed by atoms with E-state index in [9.17, 15) is 9.59 Å². The number of carboxylic acid groups (broad SMARTS) is 1. The van der Waals surface area contributed by atoms with Crippen LogP contribution in [0, 0.1) is 12.3 Å². The minimum Gasteiger partial charge on any atom is -0.481 e. The molecule has 0 heterocycles. The molecule has 1 aromatic carbocycles. The summed E-state index contributed by atoms with van der Waals surface area (Å²) >= 11 is 0. The SMILES string of the molecule is Cc1cccc(CC(=O)NCCC(C)(C)C(=O)O)c1. The van der Waals surface area contributed by atoms with E-state index in [2.05, 4.69) is 5.32 Å². The second kappa shape index (κ2) is 6.36. The predicted molar refractivity (Wildman–Crippen MR) is 73.9 cm³/mol. The number of amides is 1. The normalized spacial score (nSPS) is 11.1. The Morgan fingerprint density at radius 2 is 2.00 bits per heavy atom. The number of aliphatic carboxylic acids is 1. The highest BCUT2D eigenvalue weighted by atomic mass is 16.4. The summed E-state index contributed by atoms with van der Waals surface area (Å²) in [7, 11) is 0. The molecule has 0 saturated heterocycles. The van der Waals surface area contributed by atoms with Gasteiger partial charge in [-0.05, 0) is 32.8 Å². The third-order valence-electron chi connectivity index (χ3n) is 3.10. The number of aryl methyl sites for hydroxylation is 1. The second-order valence-electron chi connectivity index (χ2n) is 5.45. The lowest BCUT2D eigenvalue weighted by Crippen LogP contribution is -2.32. The van der Waals surface area contributed by atoms with Crippen molar-refractivity contribution in [1.82, 2.24) is 5.32 Å². The van der Waals surface area contributed by atoms with E-state index in [1.165, 1.54) is 0 Å². The summed E-state index contributed by atoms with van der Waals surface area (Å²) in [6.07, 6.45) is 0.747. The van der Waals surface area contributed by atoms with E-state index in [-0.39, 0.29) is 5.91 Å². The van der Waals surface area contributed by atoms with Gasteiger partial charge in [0.25, 0.3) is 0 Å². The van der Waals surface area contributed by atoms with Gasteiger partial charge in [0.05, 0.1) is 11.8 Å². The molecule has 0 aliphatic rings. The van der Waals surface area contributed by atoms with Crippen LogP contribution in [0.25, 0.3) is 0 Å². The number of benzene rings is 1. The molecule has 0 unspecified atom stereocenters. The molecule has 0 aliphatic heterocycles. The Kier molecular flexibility index (Phi) is 5.10. The largest absolute Gasteiger partial charge is 0.481 e. The minimum absolute atomic E-state index is 0.0770. The van der Waals surface area contributed by atoms with Crippen LogP contribution in [0.3, 0.4) is 0 Å². The lowest BCUT2D eigenvalue weighted by molar-refractivity contribution is -0.147. The molecule has 1 rings (SSSR count). The van der Waals surface area contributed by atoms with Crippen LogP contribution in [-0.4, -0.2) is 23.5 Å². The molecule has 0 fully saturated rings. The molecule has 1 aromatic rings. The van der Waals surface area contributed by atoms with Crippen molar-refractivity contribution in [3.8, 4) is 0 Å². The Hall–Kier alpha value is -1.84. The van der Waals surface area contributed by atoms with Crippen molar-refractivity contribution in [2.45, 2.75) is 33.6 Å². The smallest absolute Gasteiger partial charge is 0.309 e. The monoisotopic (exact) mass is 263 g/mol. The molecular weight excluding hydrogens is 242 g/mol. The molecule has 4 nitrogen and oxygen atoms in total. The fraction of sp³-hybridized carbons (Fsp3) is 0.467. The maximum absolute atomic E-state index is 11.7. The van der Waals surface area contributed by atoms with E-state index in [0.29, 0.717) is 19.4 Å². The first kappa shape index (κ1) is 15.2. The topological polar surface area (TPSA) is 66.4 Å². The number of hydrogen-bond acceptors (Lipinski definition) is 2. The van der Waals surface area contributed by atoms with Crippen molar-refractivity contribution >= 4 is 11.9 Å². The van der Waals surface area contributed by atoms with Crippen LogP contribution < -0.4 is 5.32 Å². The Morgan fingerprint density at radius 1 is 1.32 bits per heavy atom. The van der Waals surface area contributed by atoms with Crippen molar-refractivity contribution in [3.63, 3.8) is 0 Å². The van der Waals surface area contributed by atoms with Gasteiger partial charge in [0.15, 0.2) is 0 Å². The zero-order valence-electron chi connectivity index (χ0n) is 11.7.